The van der Waals surface area contributed by atoms with Crippen LogP contribution < -0.4 is 10.4 Å². The molecule has 0 amide bonds. The summed E-state index contributed by atoms with van der Waals surface area (Å²) in [4.78, 5) is 40.6. The molecule has 3 aliphatic heterocycles. The van der Waals surface area contributed by atoms with E-state index in [2.05, 4.69) is 24.3 Å². The van der Waals surface area contributed by atoms with Gasteiger partial charge in [0.25, 0.3) is 0 Å². The number of allylic oxidation sites excluding steroid dienone is 1. The van der Waals surface area contributed by atoms with Crippen molar-refractivity contribution in [2.24, 2.45) is 0 Å². The molecule has 240 valence electrons. The van der Waals surface area contributed by atoms with Crippen LogP contribution in [0.15, 0.2) is 62.8 Å². The molecule has 0 radical (unpaired) electrons. The standard InChI is InChI=1S/C36H42O9/c1-21(2)26-15-13-23-11-9-22(10-12-23)7-6-8-29(38)42-32-30-28(45-36(3,4)33(32)44-34(26)39)16-14-24-19-27(35(40)43-31(24)30)25(17-18-37)20-41-5/h9-12,14,16,19,25,32-33,37H,6-8,13,15,17-18,20H2,1-5H3/t25-,32-,33+/m1/s1. The van der Waals surface area contributed by atoms with Crippen molar-refractivity contribution < 1.29 is 38.1 Å². The summed E-state index contributed by atoms with van der Waals surface area (Å²) in [6, 6.07) is 13.5. The highest BCUT2D eigenvalue weighted by molar-refractivity contribution is 5.90. The third kappa shape index (κ3) is 6.99. The molecule has 0 saturated heterocycles. The Morgan fingerprint density at radius 1 is 0.978 bits per heavy atom. The summed E-state index contributed by atoms with van der Waals surface area (Å²) >= 11 is 0. The number of ether oxygens (including phenoxy) is 4. The van der Waals surface area contributed by atoms with Crippen LogP contribution in [0.1, 0.15) is 87.7 Å². The third-order valence-electron chi connectivity index (χ3n) is 8.71. The number of aliphatic hydroxyl groups excluding tert-OH is 1. The molecule has 0 spiro atoms. The van der Waals surface area contributed by atoms with Gasteiger partial charge in [-0.15, -0.1) is 0 Å². The Hall–Kier alpha value is -3.95. The van der Waals surface area contributed by atoms with Gasteiger partial charge in [0.1, 0.15) is 16.9 Å². The van der Waals surface area contributed by atoms with Gasteiger partial charge in [-0.25, -0.2) is 9.59 Å². The largest absolute Gasteiger partial charge is 0.483 e. The molecule has 45 heavy (non-hydrogen) atoms. The van der Waals surface area contributed by atoms with Crippen molar-refractivity contribution in [2.45, 2.75) is 89.9 Å². The van der Waals surface area contributed by atoms with Crippen molar-refractivity contribution in [3.05, 3.63) is 86.3 Å². The number of fused-ring (bicyclic) bond motifs is 13. The van der Waals surface area contributed by atoms with Gasteiger partial charge in [0.15, 0.2) is 12.2 Å². The van der Waals surface area contributed by atoms with Gasteiger partial charge in [0.05, 0.1) is 12.2 Å². The number of aryl methyl sites for hydroxylation is 2. The van der Waals surface area contributed by atoms with Gasteiger partial charge >= 0.3 is 17.6 Å². The summed E-state index contributed by atoms with van der Waals surface area (Å²) in [5.74, 6) is -0.983. The Bertz CT molecular complexity index is 1640. The van der Waals surface area contributed by atoms with Gasteiger partial charge in [0, 0.05) is 42.6 Å². The minimum absolute atomic E-state index is 0.122. The van der Waals surface area contributed by atoms with Gasteiger partial charge in [-0.3, -0.25) is 4.79 Å². The molecular weight excluding hydrogens is 576 g/mol. The number of carbonyl (C=O) groups excluding carboxylic acids is 2. The molecular formula is C36H42O9. The highest BCUT2D eigenvalue weighted by atomic mass is 16.6. The number of benzene rings is 2. The number of hydrogen-bond acceptors (Lipinski definition) is 9. The minimum atomic E-state index is -1.10. The first-order chi connectivity index (χ1) is 21.5. The molecule has 0 aliphatic carbocycles. The lowest BCUT2D eigenvalue weighted by Crippen LogP contribution is -2.52. The smallest absolute Gasteiger partial charge is 0.339 e. The molecule has 0 saturated carbocycles. The fraction of sp³-hybridized carbons (Fsp3) is 0.472. The Labute approximate surface area is 263 Å². The summed E-state index contributed by atoms with van der Waals surface area (Å²) in [5, 5.41) is 10.2. The van der Waals surface area contributed by atoms with Crippen molar-refractivity contribution in [3.8, 4) is 5.75 Å². The zero-order valence-electron chi connectivity index (χ0n) is 26.6. The van der Waals surface area contributed by atoms with Crippen LogP contribution in [0, 0.1) is 0 Å². The highest BCUT2D eigenvalue weighted by Crippen LogP contribution is 2.47. The zero-order chi connectivity index (χ0) is 32.3. The van der Waals surface area contributed by atoms with Crippen LogP contribution in [0.3, 0.4) is 0 Å². The highest BCUT2D eigenvalue weighted by Gasteiger charge is 2.50. The van der Waals surface area contributed by atoms with Crippen molar-refractivity contribution in [3.63, 3.8) is 0 Å². The molecule has 1 aromatic heterocycles. The van der Waals surface area contributed by atoms with Crippen molar-refractivity contribution in [1.29, 1.82) is 0 Å². The molecule has 0 unspecified atom stereocenters. The van der Waals surface area contributed by atoms with Crippen LogP contribution in [-0.4, -0.2) is 49.1 Å². The van der Waals surface area contributed by atoms with E-state index in [1.54, 1.807) is 32.0 Å². The van der Waals surface area contributed by atoms with Crippen LogP contribution >= 0.6 is 0 Å². The molecule has 4 heterocycles. The third-order valence-corrected chi connectivity index (χ3v) is 8.71. The Balaban J connectivity index is 1.62. The zero-order valence-corrected chi connectivity index (χ0v) is 26.6. The van der Waals surface area contributed by atoms with Crippen LogP contribution in [0.2, 0.25) is 0 Å². The first-order valence-corrected chi connectivity index (χ1v) is 15.6. The summed E-state index contributed by atoms with van der Waals surface area (Å²) in [5.41, 5.74) is 2.80. The first kappa shape index (κ1) is 32.4. The maximum absolute atomic E-state index is 13.8. The maximum atomic E-state index is 13.8. The van der Waals surface area contributed by atoms with Crippen molar-refractivity contribution in [2.75, 3.05) is 20.3 Å². The number of rotatable bonds is 5. The number of aliphatic hydroxyl groups is 1. The molecule has 3 atom stereocenters. The van der Waals surface area contributed by atoms with E-state index < -0.39 is 35.4 Å². The van der Waals surface area contributed by atoms with Crippen LogP contribution in [-0.2, 0) is 36.6 Å². The van der Waals surface area contributed by atoms with E-state index in [0.717, 1.165) is 16.7 Å². The minimum Gasteiger partial charge on any atom is -0.483 e. The topological polar surface area (TPSA) is 122 Å². The molecule has 2 bridgehead atoms. The lowest BCUT2D eigenvalue weighted by molar-refractivity contribution is -0.188. The number of esters is 2. The molecule has 9 nitrogen and oxygen atoms in total. The molecule has 0 fully saturated rings. The van der Waals surface area contributed by atoms with Crippen LogP contribution in [0.5, 0.6) is 5.75 Å². The number of methoxy groups -OCH3 is 1. The second-order valence-electron chi connectivity index (χ2n) is 12.6. The fourth-order valence-corrected chi connectivity index (χ4v) is 6.24. The lowest BCUT2D eigenvalue weighted by Gasteiger charge is -2.43. The Morgan fingerprint density at radius 2 is 1.69 bits per heavy atom. The Kier molecular flexibility index (Phi) is 9.79. The van der Waals surface area contributed by atoms with Gasteiger partial charge in [-0.05, 0) is 89.1 Å². The SMILES string of the molecule is COC[C@@H](CCO)c1cc2ccc3c(c2oc1=O)[C@H]1OC(=O)CCCc2ccc(cc2)CCC(=C(C)C)C(=O)O[C@@H]1C(C)(C)O3. The maximum Gasteiger partial charge on any atom is 0.339 e. The van der Waals surface area contributed by atoms with E-state index in [4.69, 9.17) is 23.4 Å². The van der Waals surface area contributed by atoms with E-state index in [1.807, 2.05) is 13.8 Å². The summed E-state index contributed by atoms with van der Waals surface area (Å²) in [7, 11) is 1.53. The predicted octanol–water partition coefficient (Wildman–Crippen LogP) is 5.88. The van der Waals surface area contributed by atoms with E-state index in [0.29, 0.717) is 59.9 Å². The van der Waals surface area contributed by atoms with Crippen molar-refractivity contribution in [1.82, 2.24) is 0 Å². The quantitative estimate of drug-likeness (QED) is 0.212. The summed E-state index contributed by atoms with van der Waals surface area (Å²) < 4.78 is 30.0. The molecule has 9 heteroatoms. The lowest BCUT2D eigenvalue weighted by atomic mass is 9.86. The Morgan fingerprint density at radius 3 is 2.36 bits per heavy atom. The van der Waals surface area contributed by atoms with Crippen LogP contribution in [0.4, 0.5) is 0 Å². The average Bonchev–Trinajstić information content (AvgIpc) is 2.98. The van der Waals surface area contributed by atoms with E-state index in [1.165, 1.54) is 7.11 Å². The van der Waals surface area contributed by atoms with Gasteiger partial charge in [-0.1, -0.05) is 29.8 Å². The van der Waals surface area contributed by atoms with Gasteiger partial charge in [-0.2, -0.15) is 0 Å². The van der Waals surface area contributed by atoms with Gasteiger partial charge in [0.2, 0.25) is 0 Å². The molecule has 2 aromatic carbocycles. The van der Waals surface area contributed by atoms with E-state index in [9.17, 15) is 19.5 Å². The first-order valence-electron chi connectivity index (χ1n) is 15.6. The fourth-order valence-electron chi connectivity index (χ4n) is 6.24. The van der Waals surface area contributed by atoms with E-state index in [-0.39, 0.29) is 31.1 Å². The number of hydrogen-bond donors (Lipinski definition) is 1. The van der Waals surface area contributed by atoms with Crippen LogP contribution in [0.25, 0.3) is 11.0 Å². The predicted molar refractivity (Wildman–Crippen MR) is 168 cm³/mol. The molecule has 6 rings (SSSR count). The van der Waals surface area contributed by atoms with E-state index >= 15 is 0 Å². The molecule has 3 aliphatic rings. The summed E-state index contributed by atoms with van der Waals surface area (Å²) in [6.45, 7) is 7.42. The summed E-state index contributed by atoms with van der Waals surface area (Å²) in [6.07, 6.45) is 0.744. The van der Waals surface area contributed by atoms with Crippen molar-refractivity contribution >= 4 is 22.9 Å². The second-order valence-corrected chi connectivity index (χ2v) is 12.6. The second kappa shape index (κ2) is 13.6. The number of carbonyl (C=O) groups is 2. The molecule has 3 aromatic rings. The average molecular weight is 619 g/mol. The monoisotopic (exact) mass is 618 g/mol. The normalized spacial score (nSPS) is 20.9. The van der Waals surface area contributed by atoms with Gasteiger partial charge < -0.3 is 28.5 Å². The molecule has 1 N–H and O–H groups in total.